The predicted octanol–water partition coefficient (Wildman–Crippen LogP) is 5.10. The van der Waals surface area contributed by atoms with Gasteiger partial charge in [-0.3, -0.25) is 14.6 Å². The molecule has 5 N–H and O–H groups in total. The Kier molecular flexibility index (Phi) is 16.0. The Morgan fingerprint density at radius 1 is 0.556 bits per heavy atom. The van der Waals surface area contributed by atoms with Gasteiger partial charge in [0.25, 0.3) is 0 Å². The Morgan fingerprint density at radius 2 is 0.963 bits per heavy atom. The lowest BCUT2D eigenvalue weighted by Crippen LogP contribution is -2.61. The van der Waals surface area contributed by atoms with Crippen LogP contribution in [0.5, 0.6) is 0 Å². The van der Waals surface area contributed by atoms with Gasteiger partial charge in [0.15, 0.2) is 0 Å². The van der Waals surface area contributed by atoms with Gasteiger partial charge in [0.05, 0.1) is 23.9 Å². The minimum Gasteiger partial charge on any atom is -0.445 e. The van der Waals surface area contributed by atoms with E-state index in [1.807, 2.05) is 91.0 Å². The molecule has 1 aromatic heterocycles. The highest BCUT2D eigenvalue weighted by Crippen LogP contribution is 2.16. The molecule has 0 unspecified atom stereocenters. The lowest BCUT2D eigenvalue weighted by Gasteiger charge is -2.34. The molecular formula is C42H51N5O7. The number of rotatable bonds is 18. The molecule has 4 rings (SSSR count). The molecule has 0 aliphatic carbocycles. The molecule has 54 heavy (non-hydrogen) atoms. The predicted molar refractivity (Wildman–Crippen MR) is 205 cm³/mol. The molecule has 0 fully saturated rings. The fourth-order valence-corrected chi connectivity index (χ4v) is 5.83. The van der Waals surface area contributed by atoms with Crippen LogP contribution in [0.1, 0.15) is 50.1 Å². The minimum absolute atomic E-state index is 0.0313. The average molecular weight is 738 g/mol. The summed E-state index contributed by atoms with van der Waals surface area (Å²) in [5, 5.41) is 23.4. The third-order valence-corrected chi connectivity index (χ3v) is 8.81. The van der Waals surface area contributed by atoms with E-state index in [-0.39, 0.29) is 37.9 Å². The van der Waals surface area contributed by atoms with E-state index in [1.54, 1.807) is 52.1 Å². The van der Waals surface area contributed by atoms with E-state index in [1.165, 1.54) is 0 Å². The van der Waals surface area contributed by atoms with Crippen molar-refractivity contribution in [2.45, 2.75) is 84.0 Å². The Bertz CT molecular complexity index is 1620. The fraction of sp³-hybridized carbons (Fsp3) is 0.357. The third kappa shape index (κ3) is 13.3. The number of hydrogen-bond donors (Lipinski definition) is 5. The maximum Gasteiger partial charge on any atom is 0.408 e. The van der Waals surface area contributed by atoms with Crippen molar-refractivity contribution in [2.75, 3.05) is 0 Å². The number of hydrogen-bond acceptors (Lipinski definition) is 8. The van der Waals surface area contributed by atoms with E-state index in [4.69, 9.17) is 9.47 Å². The van der Waals surface area contributed by atoms with E-state index in [9.17, 15) is 24.3 Å². The van der Waals surface area contributed by atoms with Crippen molar-refractivity contribution in [1.82, 2.24) is 26.3 Å². The molecule has 0 aliphatic rings. The van der Waals surface area contributed by atoms with Crippen LogP contribution in [0.2, 0.25) is 0 Å². The number of nitrogens with zero attached hydrogens (tertiary/aromatic N) is 1. The monoisotopic (exact) mass is 737 g/mol. The molecule has 0 radical (unpaired) electrons. The number of amides is 4. The number of alkyl carbamates (subject to hydrolysis) is 2. The number of carbonyl (C=O) groups excluding carboxylic acids is 4. The maximum absolute atomic E-state index is 13.9. The van der Waals surface area contributed by atoms with Gasteiger partial charge in [0.2, 0.25) is 11.8 Å². The number of carbonyl (C=O) groups is 4. The average Bonchev–Trinajstić information content (AvgIpc) is 3.17. The number of benzene rings is 3. The minimum atomic E-state index is -1.32. The van der Waals surface area contributed by atoms with Crippen LogP contribution < -0.4 is 21.3 Å². The molecule has 0 bridgehead atoms. The van der Waals surface area contributed by atoms with Crippen LogP contribution in [0.25, 0.3) is 0 Å². The lowest BCUT2D eigenvalue weighted by molar-refractivity contribution is -0.126. The van der Waals surface area contributed by atoms with Crippen LogP contribution in [0.15, 0.2) is 115 Å². The van der Waals surface area contributed by atoms with Crippen molar-refractivity contribution in [2.24, 2.45) is 11.8 Å². The van der Waals surface area contributed by atoms with E-state index in [2.05, 4.69) is 26.3 Å². The van der Waals surface area contributed by atoms with Crippen molar-refractivity contribution in [3.63, 3.8) is 0 Å². The summed E-state index contributed by atoms with van der Waals surface area (Å²) in [6.07, 6.45) is -0.857. The first kappa shape index (κ1) is 41.0. The van der Waals surface area contributed by atoms with Gasteiger partial charge in [-0.2, -0.15) is 0 Å². The Balaban J connectivity index is 1.54. The van der Waals surface area contributed by atoms with E-state index in [0.29, 0.717) is 5.69 Å². The van der Waals surface area contributed by atoms with Crippen molar-refractivity contribution < 1.29 is 33.8 Å². The van der Waals surface area contributed by atoms with Crippen LogP contribution in [0, 0.1) is 11.8 Å². The number of aromatic nitrogens is 1. The first-order valence-corrected chi connectivity index (χ1v) is 18.2. The highest BCUT2D eigenvalue weighted by atomic mass is 16.6. The second kappa shape index (κ2) is 21.1. The maximum atomic E-state index is 13.9. The molecule has 0 saturated carbocycles. The van der Waals surface area contributed by atoms with Crippen LogP contribution in [0.3, 0.4) is 0 Å². The molecule has 1 heterocycles. The van der Waals surface area contributed by atoms with Gasteiger partial charge in [0.1, 0.15) is 25.3 Å². The molecule has 0 saturated heterocycles. The Hall–Kier alpha value is -5.75. The summed E-state index contributed by atoms with van der Waals surface area (Å²) in [5.41, 5.74) is 3.01. The summed E-state index contributed by atoms with van der Waals surface area (Å²) in [5.74, 6) is -1.74. The molecule has 12 nitrogen and oxygen atoms in total. The summed E-state index contributed by atoms with van der Waals surface area (Å²) in [6.45, 7) is 7.12. The number of ether oxygens (including phenoxy) is 2. The molecule has 0 spiro atoms. The largest absolute Gasteiger partial charge is 0.445 e. The number of aliphatic hydroxyl groups excluding tert-OH is 1. The number of aliphatic hydroxyl groups is 1. The smallest absolute Gasteiger partial charge is 0.408 e. The van der Waals surface area contributed by atoms with Crippen LogP contribution in [-0.4, -0.2) is 64.4 Å². The van der Waals surface area contributed by atoms with Gasteiger partial charge >= 0.3 is 12.2 Å². The number of nitrogens with one attached hydrogen (secondary N) is 4. The molecule has 286 valence electrons. The van der Waals surface area contributed by atoms with Crippen molar-refractivity contribution >= 4 is 24.0 Å². The van der Waals surface area contributed by atoms with Crippen LogP contribution >= 0.6 is 0 Å². The van der Waals surface area contributed by atoms with Crippen LogP contribution in [0.4, 0.5) is 9.59 Å². The lowest BCUT2D eigenvalue weighted by atomic mass is 9.91. The SMILES string of the molecule is CC(C)[C@H](NC(=O)OCc1ccccn1)C(=O)N[C@@H](Cc1ccccc1)[C@@H](O)[C@H](Cc1ccccc1)NC(=O)[C@H](NC(=O)OCc1ccccc1)C(C)C. The van der Waals surface area contributed by atoms with E-state index < -0.39 is 54.3 Å². The van der Waals surface area contributed by atoms with Crippen LogP contribution in [-0.2, 0) is 45.1 Å². The number of pyridine rings is 1. The highest BCUT2D eigenvalue weighted by Gasteiger charge is 2.35. The molecule has 0 aliphatic heterocycles. The van der Waals surface area contributed by atoms with Gasteiger partial charge in [-0.1, -0.05) is 125 Å². The first-order valence-electron chi connectivity index (χ1n) is 18.2. The van der Waals surface area contributed by atoms with Gasteiger partial charge in [-0.25, -0.2) is 9.59 Å². The van der Waals surface area contributed by atoms with Crippen molar-refractivity contribution in [3.8, 4) is 0 Å². The Labute approximate surface area is 317 Å². The zero-order valence-electron chi connectivity index (χ0n) is 31.2. The van der Waals surface area contributed by atoms with E-state index >= 15 is 0 Å². The van der Waals surface area contributed by atoms with Gasteiger partial charge in [0, 0.05) is 6.20 Å². The molecule has 4 aromatic rings. The fourth-order valence-electron chi connectivity index (χ4n) is 5.83. The third-order valence-electron chi connectivity index (χ3n) is 8.81. The summed E-state index contributed by atoms with van der Waals surface area (Å²) < 4.78 is 10.7. The summed E-state index contributed by atoms with van der Waals surface area (Å²) >= 11 is 0. The molecular weight excluding hydrogens is 686 g/mol. The topological polar surface area (TPSA) is 168 Å². The zero-order chi connectivity index (χ0) is 38.9. The standard InChI is InChI=1S/C42H51N5O7/c1-28(2)36(46-41(51)53-26-32-20-12-7-13-21-32)39(49)44-34(24-30-16-8-5-9-17-30)38(48)35(25-31-18-10-6-11-19-31)45-40(50)37(29(3)4)47-42(52)54-27-33-22-14-15-23-43-33/h5-23,28-29,34-38,48H,24-27H2,1-4H3,(H,44,49)(H,45,50)(H,46,51)(H,47,52)/t34-,35-,36+,37-,38-/m0/s1. The second-order valence-corrected chi connectivity index (χ2v) is 13.8. The first-order chi connectivity index (χ1) is 26.0. The molecule has 3 aromatic carbocycles. The quantitative estimate of drug-likeness (QED) is 0.0941. The second-order valence-electron chi connectivity index (χ2n) is 13.8. The summed E-state index contributed by atoms with van der Waals surface area (Å²) in [7, 11) is 0. The van der Waals surface area contributed by atoms with E-state index in [0.717, 1.165) is 16.7 Å². The van der Waals surface area contributed by atoms with Crippen molar-refractivity contribution in [1.29, 1.82) is 0 Å². The molecule has 12 heteroatoms. The highest BCUT2D eigenvalue weighted by molar-refractivity contribution is 5.87. The normalized spacial score (nSPS) is 13.8. The zero-order valence-corrected chi connectivity index (χ0v) is 31.2. The Morgan fingerprint density at radius 3 is 1.37 bits per heavy atom. The summed E-state index contributed by atoms with van der Waals surface area (Å²) in [6, 6.07) is 29.3. The van der Waals surface area contributed by atoms with Gasteiger partial charge < -0.3 is 35.8 Å². The van der Waals surface area contributed by atoms with Gasteiger partial charge in [-0.15, -0.1) is 0 Å². The van der Waals surface area contributed by atoms with Crippen molar-refractivity contribution in [3.05, 3.63) is 138 Å². The summed E-state index contributed by atoms with van der Waals surface area (Å²) in [4.78, 5) is 57.7. The molecule has 5 atom stereocenters. The molecule has 4 amide bonds. The van der Waals surface area contributed by atoms with Gasteiger partial charge in [-0.05, 0) is 53.5 Å².